The molecule has 0 atom stereocenters. The van der Waals surface area contributed by atoms with Crippen LogP contribution in [0, 0.1) is 6.92 Å². The van der Waals surface area contributed by atoms with Gasteiger partial charge in [-0.3, -0.25) is 14.5 Å². The van der Waals surface area contributed by atoms with Crippen LogP contribution in [-0.2, 0) is 4.79 Å². The topological polar surface area (TPSA) is 113 Å². The highest BCUT2D eigenvalue weighted by Crippen LogP contribution is 2.46. The molecule has 1 aliphatic heterocycles. The molecule has 1 saturated carbocycles. The van der Waals surface area contributed by atoms with Crippen molar-refractivity contribution in [3.8, 4) is 11.5 Å². The molecule has 6 rings (SSSR count). The second-order valence-corrected chi connectivity index (χ2v) is 11.4. The number of carbonyl (C=O) groups excluding carboxylic acids is 3. The molecular weight excluding hydrogens is 538 g/mol. The van der Waals surface area contributed by atoms with Crippen molar-refractivity contribution in [2.75, 3.05) is 10.2 Å². The summed E-state index contributed by atoms with van der Waals surface area (Å²) in [6.45, 7) is 3.78. The first kappa shape index (κ1) is 26.8. The minimum atomic E-state index is -0.343. The quantitative estimate of drug-likeness (QED) is 0.231. The molecule has 1 aliphatic carbocycles. The summed E-state index contributed by atoms with van der Waals surface area (Å²) in [5.41, 5.74) is 2.75. The third-order valence-electron chi connectivity index (χ3n) is 7.59. The van der Waals surface area contributed by atoms with Crippen LogP contribution in [-0.4, -0.2) is 34.9 Å². The normalized spacial score (nSPS) is 18.1. The SMILES string of the molecule is CCC(=O)N[C@H]1CC[C@H](NC(=O)c2sc3nccc4c3c2NC(=O)N4c2ccc(Oc3ccccc3)cc2C)CC1. The summed E-state index contributed by atoms with van der Waals surface area (Å²) >= 11 is 1.28. The lowest BCUT2D eigenvalue weighted by Crippen LogP contribution is -2.43. The molecule has 4 amide bonds. The van der Waals surface area contributed by atoms with Crippen LogP contribution in [0.2, 0.25) is 0 Å². The number of ether oxygens (including phenoxy) is 1. The Labute approximate surface area is 241 Å². The molecule has 10 heteroatoms. The molecule has 0 spiro atoms. The van der Waals surface area contributed by atoms with E-state index in [1.807, 2.05) is 62.4 Å². The third-order valence-corrected chi connectivity index (χ3v) is 8.69. The average Bonchev–Trinajstić information content (AvgIpc) is 3.35. The standard InChI is InChI=1S/C31H31N5O4S/c1-3-25(37)33-19-9-11-20(12-10-19)34-29(38)28-27-26-24(15-16-32-30(26)41-28)36(31(39)35-27)23-14-13-22(17-18(23)2)40-21-7-5-4-6-8-21/h4-8,13-17,19-20H,3,9-12H2,1-2H3,(H,33,37)(H,34,38)(H,35,39)/t19-,20-. The van der Waals surface area contributed by atoms with Crippen LogP contribution in [0.15, 0.2) is 60.8 Å². The molecule has 3 N–H and O–H groups in total. The maximum Gasteiger partial charge on any atom is 0.331 e. The van der Waals surface area contributed by atoms with Crippen molar-refractivity contribution in [3.05, 3.63) is 71.2 Å². The van der Waals surface area contributed by atoms with Crippen molar-refractivity contribution in [2.24, 2.45) is 0 Å². The Bertz CT molecular complexity index is 1630. The molecule has 0 radical (unpaired) electrons. The van der Waals surface area contributed by atoms with E-state index in [1.165, 1.54) is 11.3 Å². The predicted molar refractivity (Wildman–Crippen MR) is 160 cm³/mol. The molecule has 41 heavy (non-hydrogen) atoms. The lowest BCUT2D eigenvalue weighted by atomic mass is 9.91. The summed E-state index contributed by atoms with van der Waals surface area (Å²) in [7, 11) is 0. The number of nitrogens with zero attached hydrogens (tertiary/aromatic N) is 2. The first-order valence-corrected chi connectivity index (χ1v) is 14.7. The van der Waals surface area contributed by atoms with Gasteiger partial charge in [0.05, 0.1) is 22.4 Å². The molecule has 1 fully saturated rings. The maximum atomic E-state index is 13.5. The van der Waals surface area contributed by atoms with Gasteiger partial charge in [-0.05, 0) is 74.6 Å². The summed E-state index contributed by atoms with van der Waals surface area (Å²) in [4.78, 5) is 46.0. The van der Waals surface area contributed by atoms with Crippen molar-refractivity contribution in [3.63, 3.8) is 0 Å². The zero-order valence-corrected chi connectivity index (χ0v) is 23.7. The fourth-order valence-electron chi connectivity index (χ4n) is 5.51. The highest BCUT2D eigenvalue weighted by atomic mass is 32.1. The van der Waals surface area contributed by atoms with E-state index < -0.39 is 0 Å². The summed E-state index contributed by atoms with van der Waals surface area (Å²) < 4.78 is 5.97. The van der Waals surface area contributed by atoms with Gasteiger partial charge in [0.25, 0.3) is 5.91 Å². The van der Waals surface area contributed by atoms with E-state index in [4.69, 9.17) is 4.74 Å². The van der Waals surface area contributed by atoms with E-state index in [0.717, 1.165) is 42.4 Å². The van der Waals surface area contributed by atoms with Crippen molar-refractivity contribution < 1.29 is 19.1 Å². The zero-order chi connectivity index (χ0) is 28.5. The largest absolute Gasteiger partial charge is 0.457 e. The Kier molecular flexibility index (Phi) is 7.32. The van der Waals surface area contributed by atoms with Crippen molar-refractivity contribution >= 4 is 56.5 Å². The predicted octanol–water partition coefficient (Wildman–Crippen LogP) is 6.65. The number of amides is 4. The van der Waals surface area contributed by atoms with Crippen LogP contribution in [0.4, 0.5) is 21.9 Å². The van der Waals surface area contributed by atoms with Gasteiger partial charge in [-0.15, -0.1) is 11.3 Å². The smallest absolute Gasteiger partial charge is 0.331 e. The zero-order valence-electron chi connectivity index (χ0n) is 22.9. The summed E-state index contributed by atoms with van der Waals surface area (Å²) in [5, 5.41) is 9.92. The Morgan fingerprint density at radius 1 is 1.00 bits per heavy atom. The molecule has 0 bridgehead atoms. The van der Waals surface area contributed by atoms with Crippen molar-refractivity contribution in [1.29, 1.82) is 0 Å². The van der Waals surface area contributed by atoms with E-state index in [9.17, 15) is 14.4 Å². The van der Waals surface area contributed by atoms with Crippen LogP contribution < -0.4 is 25.6 Å². The number of carbonyl (C=O) groups is 3. The van der Waals surface area contributed by atoms with Gasteiger partial charge >= 0.3 is 6.03 Å². The lowest BCUT2D eigenvalue weighted by Gasteiger charge is -2.30. The van der Waals surface area contributed by atoms with E-state index in [-0.39, 0.29) is 29.9 Å². The molecule has 4 aromatic rings. The van der Waals surface area contributed by atoms with Gasteiger partial charge in [-0.1, -0.05) is 25.1 Å². The number of thiophene rings is 1. The van der Waals surface area contributed by atoms with E-state index >= 15 is 0 Å². The Morgan fingerprint density at radius 3 is 2.44 bits per heavy atom. The number of aryl methyl sites for hydroxylation is 1. The second kappa shape index (κ2) is 11.2. The summed E-state index contributed by atoms with van der Waals surface area (Å²) in [5.74, 6) is 1.24. The molecule has 2 aromatic carbocycles. The monoisotopic (exact) mass is 569 g/mol. The van der Waals surface area contributed by atoms with Crippen LogP contribution in [0.3, 0.4) is 0 Å². The molecule has 0 unspecified atom stereocenters. The van der Waals surface area contributed by atoms with Gasteiger partial charge in [0.1, 0.15) is 21.2 Å². The van der Waals surface area contributed by atoms with Crippen molar-refractivity contribution in [2.45, 2.75) is 58.0 Å². The van der Waals surface area contributed by atoms with Gasteiger partial charge < -0.3 is 20.7 Å². The number of aromatic nitrogens is 1. The number of nitrogens with one attached hydrogen (secondary N) is 3. The van der Waals surface area contributed by atoms with Gasteiger partial charge in [0.2, 0.25) is 5.91 Å². The fraction of sp³-hybridized carbons (Fsp3) is 0.290. The number of para-hydroxylation sites is 1. The van der Waals surface area contributed by atoms with Crippen LogP contribution >= 0.6 is 11.3 Å². The number of rotatable bonds is 7. The first-order chi connectivity index (χ1) is 19.9. The molecular formula is C31H31N5O4S. The minimum Gasteiger partial charge on any atom is -0.457 e. The number of hydrogen-bond acceptors (Lipinski definition) is 6. The van der Waals surface area contributed by atoms with Crippen molar-refractivity contribution in [1.82, 2.24) is 15.6 Å². The molecule has 9 nitrogen and oxygen atoms in total. The van der Waals surface area contributed by atoms with Gasteiger partial charge in [0, 0.05) is 24.7 Å². The van der Waals surface area contributed by atoms with Gasteiger partial charge in [0.15, 0.2) is 0 Å². The summed E-state index contributed by atoms with van der Waals surface area (Å²) in [6, 6.07) is 16.8. The number of urea groups is 1. The number of benzene rings is 2. The number of hydrogen-bond donors (Lipinski definition) is 3. The molecule has 210 valence electrons. The molecule has 2 aliphatic rings. The third kappa shape index (κ3) is 5.35. The average molecular weight is 570 g/mol. The molecule has 3 heterocycles. The minimum absolute atomic E-state index is 0.0113. The van der Waals surface area contributed by atoms with E-state index in [1.54, 1.807) is 17.2 Å². The van der Waals surface area contributed by atoms with E-state index in [0.29, 0.717) is 38.9 Å². The fourth-order valence-corrected chi connectivity index (χ4v) is 6.54. The Hall–Kier alpha value is -4.44. The highest BCUT2D eigenvalue weighted by molar-refractivity contribution is 7.21. The molecule has 0 saturated heterocycles. The van der Waals surface area contributed by atoms with Gasteiger partial charge in [-0.25, -0.2) is 9.78 Å². The van der Waals surface area contributed by atoms with Gasteiger partial charge in [-0.2, -0.15) is 0 Å². The molecule has 2 aromatic heterocycles. The Balaban J connectivity index is 1.23. The van der Waals surface area contributed by atoms with Crippen LogP contribution in [0.5, 0.6) is 11.5 Å². The number of anilines is 3. The Morgan fingerprint density at radius 2 is 1.73 bits per heavy atom. The van der Waals surface area contributed by atoms with Crippen LogP contribution in [0.25, 0.3) is 10.2 Å². The lowest BCUT2D eigenvalue weighted by molar-refractivity contribution is -0.121. The first-order valence-electron chi connectivity index (χ1n) is 13.9. The van der Waals surface area contributed by atoms with E-state index in [2.05, 4.69) is 20.9 Å². The number of pyridine rings is 1. The second-order valence-electron chi connectivity index (χ2n) is 10.4. The summed E-state index contributed by atoms with van der Waals surface area (Å²) in [6.07, 6.45) is 5.35. The van der Waals surface area contributed by atoms with Crippen LogP contribution in [0.1, 0.15) is 54.3 Å². The highest BCUT2D eigenvalue weighted by Gasteiger charge is 2.34. The maximum absolute atomic E-state index is 13.5.